The van der Waals surface area contributed by atoms with Crippen LogP contribution in [0.25, 0.3) is 22.6 Å². The van der Waals surface area contributed by atoms with E-state index in [1.54, 1.807) is 12.1 Å². The third-order valence-corrected chi connectivity index (χ3v) is 4.21. The van der Waals surface area contributed by atoms with Crippen molar-refractivity contribution in [3.63, 3.8) is 0 Å². The molecule has 0 saturated heterocycles. The van der Waals surface area contributed by atoms with Crippen LogP contribution in [0.3, 0.4) is 0 Å². The van der Waals surface area contributed by atoms with E-state index >= 15 is 0 Å². The number of aliphatic hydroxyl groups is 1. The van der Waals surface area contributed by atoms with E-state index in [9.17, 15) is 10.4 Å². The largest absolute Gasteiger partial charge is 0.459 e. The number of H-pyrrole nitrogens is 1. The normalized spacial score (nSPS) is 12.5. The Hall–Kier alpha value is -3.04. The second-order valence-electron chi connectivity index (χ2n) is 5.48. The van der Waals surface area contributed by atoms with Crippen LogP contribution in [0.1, 0.15) is 22.6 Å². The maximum Gasteiger partial charge on any atom is 0.142 e. The zero-order chi connectivity index (χ0) is 16.0. The first kappa shape index (κ1) is 13.6. The second-order valence-corrected chi connectivity index (χ2v) is 5.48. The predicted octanol–water partition coefficient (Wildman–Crippen LogP) is 2.38. The van der Waals surface area contributed by atoms with Gasteiger partial charge in [0.15, 0.2) is 0 Å². The summed E-state index contributed by atoms with van der Waals surface area (Å²) in [5.74, 6) is 1.18. The predicted molar refractivity (Wildman–Crippen MR) is 84.2 cm³/mol. The Balaban J connectivity index is 2.03. The number of furan rings is 1. The number of rotatable bonds is 2. The van der Waals surface area contributed by atoms with Gasteiger partial charge in [0, 0.05) is 23.0 Å². The van der Waals surface area contributed by atoms with Gasteiger partial charge >= 0.3 is 0 Å². The van der Waals surface area contributed by atoms with Gasteiger partial charge < -0.3 is 20.2 Å². The van der Waals surface area contributed by atoms with E-state index in [0.29, 0.717) is 22.6 Å². The van der Waals surface area contributed by atoms with Crippen molar-refractivity contribution in [3.05, 3.63) is 47.0 Å². The Morgan fingerprint density at radius 3 is 2.96 bits per heavy atom. The number of aryl methyl sites for hydroxylation is 1. The molecule has 4 rings (SSSR count). The number of aliphatic hydroxyl groups excluding tert-OH is 1. The van der Waals surface area contributed by atoms with Crippen LogP contribution in [0.5, 0.6) is 0 Å². The van der Waals surface area contributed by atoms with Gasteiger partial charge in [0.05, 0.1) is 5.69 Å². The van der Waals surface area contributed by atoms with E-state index in [2.05, 4.69) is 16.0 Å². The van der Waals surface area contributed by atoms with Crippen molar-refractivity contribution in [2.24, 2.45) is 0 Å². The van der Waals surface area contributed by atoms with E-state index in [-0.39, 0.29) is 12.4 Å². The number of nitrogen functional groups attached to an aromatic ring is 1. The molecule has 0 spiro atoms. The summed E-state index contributed by atoms with van der Waals surface area (Å²) in [5.41, 5.74) is 10.9. The first-order valence-corrected chi connectivity index (χ1v) is 7.32. The fourth-order valence-corrected chi connectivity index (χ4v) is 3.17. The van der Waals surface area contributed by atoms with Gasteiger partial charge in [-0.15, -0.1) is 0 Å². The van der Waals surface area contributed by atoms with Crippen molar-refractivity contribution in [2.75, 3.05) is 5.73 Å². The highest BCUT2D eigenvalue weighted by Gasteiger charge is 2.27. The molecule has 1 aliphatic carbocycles. The quantitative estimate of drug-likeness (QED) is 0.673. The van der Waals surface area contributed by atoms with Crippen LogP contribution in [0.15, 0.2) is 28.8 Å². The third kappa shape index (κ3) is 1.94. The summed E-state index contributed by atoms with van der Waals surface area (Å²) >= 11 is 0. The van der Waals surface area contributed by atoms with Gasteiger partial charge in [-0.05, 0) is 36.6 Å². The zero-order valence-electron chi connectivity index (χ0n) is 12.3. The maximum atomic E-state index is 9.51. The number of aromatic nitrogens is 2. The lowest BCUT2D eigenvalue weighted by Gasteiger charge is -2.20. The van der Waals surface area contributed by atoms with Gasteiger partial charge in [-0.25, -0.2) is 4.98 Å². The van der Waals surface area contributed by atoms with E-state index < -0.39 is 0 Å². The molecular weight excluding hydrogens is 292 g/mol. The van der Waals surface area contributed by atoms with Crippen molar-refractivity contribution in [3.8, 4) is 28.7 Å². The maximum absolute atomic E-state index is 9.51. The molecule has 0 amide bonds. The number of fused-ring (bicyclic) bond motifs is 3. The van der Waals surface area contributed by atoms with E-state index in [4.69, 9.17) is 10.2 Å². The number of nitrogens with two attached hydrogens (primary N) is 1. The third-order valence-electron chi connectivity index (χ3n) is 4.21. The molecular formula is C17H14N4O2. The summed E-state index contributed by atoms with van der Waals surface area (Å²) in [4.78, 5) is 7.67. The number of nitrogens with one attached hydrogen (secondary N) is 1. The van der Waals surface area contributed by atoms with Gasteiger partial charge in [-0.2, -0.15) is 5.26 Å². The number of anilines is 1. The molecule has 0 unspecified atom stereocenters. The molecule has 0 aliphatic heterocycles. The molecule has 0 atom stereocenters. The monoisotopic (exact) mass is 306 g/mol. The highest BCUT2D eigenvalue weighted by molar-refractivity contribution is 5.84. The molecule has 0 bridgehead atoms. The highest BCUT2D eigenvalue weighted by atomic mass is 16.4. The number of nitrogens with zero attached hydrogens (tertiary/aromatic N) is 2. The summed E-state index contributed by atoms with van der Waals surface area (Å²) in [6.07, 6.45) is 3.47. The first-order chi connectivity index (χ1) is 11.2. The number of aromatic amines is 1. The summed E-state index contributed by atoms with van der Waals surface area (Å²) in [6, 6.07) is 7.57. The molecule has 0 radical (unpaired) electrons. The second kappa shape index (κ2) is 5.00. The van der Waals surface area contributed by atoms with E-state index in [1.807, 2.05) is 12.3 Å². The number of hydrogen-bond acceptors (Lipinski definition) is 5. The van der Waals surface area contributed by atoms with Gasteiger partial charge in [0.2, 0.25) is 0 Å². The topological polar surface area (TPSA) is 112 Å². The Morgan fingerprint density at radius 1 is 1.35 bits per heavy atom. The van der Waals surface area contributed by atoms with Crippen molar-refractivity contribution in [2.45, 2.75) is 19.4 Å². The molecule has 114 valence electrons. The summed E-state index contributed by atoms with van der Waals surface area (Å²) < 4.78 is 5.66. The smallest absolute Gasteiger partial charge is 0.142 e. The molecule has 6 nitrogen and oxygen atoms in total. The fraction of sp³-hybridized carbons (Fsp3) is 0.176. The lowest BCUT2D eigenvalue weighted by molar-refractivity contribution is 0.248. The Labute approximate surface area is 132 Å². The molecule has 1 aliphatic rings. The van der Waals surface area contributed by atoms with Crippen LogP contribution in [0.4, 0.5) is 5.82 Å². The average Bonchev–Trinajstić information content (AvgIpc) is 3.22. The average molecular weight is 306 g/mol. The lowest BCUT2D eigenvalue weighted by atomic mass is 9.87. The first-order valence-electron chi connectivity index (χ1n) is 7.32. The standard InChI is InChI=1S/C17H14N4O2/c18-7-12-15(14-4-1-9(8-22)23-14)11-2-3-13-10(5-6-20-13)16(11)21-17(12)19/h1,4-6,20,22H,2-3,8H2,(H2,19,21). The van der Waals surface area contributed by atoms with Crippen molar-refractivity contribution < 1.29 is 9.52 Å². The molecule has 3 heterocycles. The Bertz CT molecular complexity index is 946. The van der Waals surface area contributed by atoms with E-state index in [0.717, 1.165) is 35.4 Å². The number of nitriles is 1. The Kier molecular flexibility index (Phi) is 2.96. The molecule has 0 saturated carbocycles. The zero-order valence-corrected chi connectivity index (χ0v) is 12.3. The van der Waals surface area contributed by atoms with Gasteiger partial charge in [-0.3, -0.25) is 0 Å². The SMILES string of the molecule is N#Cc1c(N)nc2c(c1-c1ccc(CO)o1)CCc1[nH]ccc1-2. The van der Waals surface area contributed by atoms with Gasteiger partial charge in [0.25, 0.3) is 0 Å². The summed E-state index contributed by atoms with van der Waals surface area (Å²) in [6.45, 7) is -0.188. The van der Waals surface area contributed by atoms with Crippen molar-refractivity contribution in [1.82, 2.24) is 9.97 Å². The van der Waals surface area contributed by atoms with Crippen LogP contribution in [0.2, 0.25) is 0 Å². The van der Waals surface area contributed by atoms with Gasteiger partial charge in [0.1, 0.15) is 35.6 Å². The molecule has 6 heteroatoms. The van der Waals surface area contributed by atoms with Gasteiger partial charge in [-0.1, -0.05) is 0 Å². The molecule has 0 fully saturated rings. The lowest BCUT2D eigenvalue weighted by Crippen LogP contribution is -2.10. The fourth-order valence-electron chi connectivity index (χ4n) is 3.17. The Morgan fingerprint density at radius 2 is 2.22 bits per heavy atom. The minimum Gasteiger partial charge on any atom is -0.459 e. The van der Waals surface area contributed by atoms with Crippen molar-refractivity contribution >= 4 is 5.82 Å². The summed E-state index contributed by atoms with van der Waals surface area (Å²) in [7, 11) is 0. The molecule has 3 aromatic heterocycles. The van der Waals surface area contributed by atoms with Crippen LogP contribution in [-0.2, 0) is 19.4 Å². The number of pyridine rings is 1. The van der Waals surface area contributed by atoms with Crippen LogP contribution < -0.4 is 5.73 Å². The summed E-state index contributed by atoms with van der Waals surface area (Å²) in [5, 5.41) is 18.7. The minimum atomic E-state index is -0.188. The molecule has 0 aromatic carbocycles. The molecule has 4 N–H and O–H groups in total. The van der Waals surface area contributed by atoms with E-state index in [1.165, 1.54) is 0 Å². The minimum absolute atomic E-state index is 0.188. The van der Waals surface area contributed by atoms with Crippen LogP contribution in [-0.4, -0.2) is 15.1 Å². The highest BCUT2D eigenvalue weighted by Crippen LogP contribution is 2.41. The number of hydrogen-bond donors (Lipinski definition) is 3. The molecule has 23 heavy (non-hydrogen) atoms. The van der Waals surface area contributed by atoms with Crippen molar-refractivity contribution in [1.29, 1.82) is 5.26 Å². The molecule has 3 aromatic rings. The van der Waals surface area contributed by atoms with Crippen LogP contribution >= 0.6 is 0 Å². The van der Waals surface area contributed by atoms with Crippen LogP contribution in [0, 0.1) is 11.3 Å².